The quantitative estimate of drug-likeness (QED) is 0.592. The maximum atomic E-state index is 13.2. The van der Waals surface area contributed by atoms with Gasteiger partial charge in [-0.1, -0.05) is 13.0 Å². The molecule has 0 radical (unpaired) electrons. The highest BCUT2D eigenvalue weighted by molar-refractivity contribution is 5.79. The van der Waals surface area contributed by atoms with E-state index in [1.807, 2.05) is 14.0 Å². The van der Waals surface area contributed by atoms with Crippen LogP contribution in [0.4, 0.5) is 4.39 Å². The molecule has 0 aliphatic heterocycles. The summed E-state index contributed by atoms with van der Waals surface area (Å²) >= 11 is 0. The SMILES string of the molecule is CCC(CNC(=NC)NCc1ncnn1C)Oc1cccc(F)c1. The Labute approximate surface area is 141 Å². The minimum Gasteiger partial charge on any atom is -0.489 e. The largest absolute Gasteiger partial charge is 0.489 e. The van der Waals surface area contributed by atoms with Crippen LogP contribution < -0.4 is 15.4 Å². The number of aromatic nitrogens is 3. The summed E-state index contributed by atoms with van der Waals surface area (Å²) in [6.45, 7) is 3.07. The number of benzene rings is 1. The van der Waals surface area contributed by atoms with Crippen molar-refractivity contribution >= 4 is 5.96 Å². The van der Waals surface area contributed by atoms with Gasteiger partial charge in [0.05, 0.1) is 13.1 Å². The van der Waals surface area contributed by atoms with Crippen molar-refractivity contribution in [2.24, 2.45) is 12.0 Å². The number of hydrogen-bond donors (Lipinski definition) is 2. The summed E-state index contributed by atoms with van der Waals surface area (Å²) in [5, 5.41) is 10.4. The fourth-order valence-corrected chi connectivity index (χ4v) is 2.08. The van der Waals surface area contributed by atoms with E-state index in [-0.39, 0.29) is 11.9 Å². The number of aliphatic imine (C=N–C) groups is 1. The second-order valence-corrected chi connectivity index (χ2v) is 5.21. The fraction of sp³-hybridized carbons (Fsp3) is 0.438. The van der Waals surface area contributed by atoms with Crippen molar-refractivity contribution in [2.75, 3.05) is 13.6 Å². The number of nitrogens with one attached hydrogen (secondary N) is 2. The molecule has 1 aromatic carbocycles. The molecule has 8 heteroatoms. The van der Waals surface area contributed by atoms with Crippen LogP contribution in [-0.4, -0.2) is 40.4 Å². The van der Waals surface area contributed by atoms with Crippen LogP contribution in [0.25, 0.3) is 0 Å². The second-order valence-electron chi connectivity index (χ2n) is 5.21. The molecule has 130 valence electrons. The lowest BCUT2D eigenvalue weighted by atomic mass is 10.2. The second kappa shape index (κ2) is 8.85. The van der Waals surface area contributed by atoms with Gasteiger partial charge in [0.2, 0.25) is 0 Å². The van der Waals surface area contributed by atoms with Crippen LogP contribution in [0.1, 0.15) is 19.2 Å². The highest BCUT2D eigenvalue weighted by Crippen LogP contribution is 2.14. The molecule has 0 aliphatic carbocycles. The molecule has 1 heterocycles. The Bertz CT molecular complexity index is 672. The predicted molar refractivity (Wildman–Crippen MR) is 90.3 cm³/mol. The summed E-state index contributed by atoms with van der Waals surface area (Å²) < 4.78 is 20.7. The molecule has 0 spiro atoms. The van der Waals surface area contributed by atoms with Gasteiger partial charge in [-0.05, 0) is 18.6 Å². The molecule has 1 atom stereocenters. The average Bonchev–Trinajstić information content (AvgIpc) is 2.99. The maximum Gasteiger partial charge on any atom is 0.191 e. The standard InChI is InChI=1S/C16H23FN6O/c1-4-13(24-14-7-5-6-12(17)8-14)9-19-16(18-2)20-10-15-21-11-22-23(15)3/h5-8,11,13H,4,9-10H2,1-3H3,(H2,18,19,20). The normalized spacial score (nSPS) is 12.8. The van der Waals surface area contributed by atoms with Gasteiger partial charge < -0.3 is 15.4 Å². The van der Waals surface area contributed by atoms with Crippen LogP contribution in [0.5, 0.6) is 5.75 Å². The highest BCUT2D eigenvalue weighted by atomic mass is 19.1. The first-order chi connectivity index (χ1) is 11.6. The van der Waals surface area contributed by atoms with Crippen LogP contribution in [0.2, 0.25) is 0 Å². The molecular weight excluding hydrogens is 311 g/mol. The summed E-state index contributed by atoms with van der Waals surface area (Å²) in [7, 11) is 3.53. The van der Waals surface area contributed by atoms with Gasteiger partial charge in [0.25, 0.3) is 0 Å². The van der Waals surface area contributed by atoms with E-state index in [0.717, 1.165) is 12.2 Å². The number of guanidine groups is 1. The fourth-order valence-electron chi connectivity index (χ4n) is 2.08. The first-order valence-electron chi connectivity index (χ1n) is 7.82. The Morgan fingerprint density at radius 2 is 2.25 bits per heavy atom. The van der Waals surface area contributed by atoms with Gasteiger partial charge in [-0.2, -0.15) is 5.10 Å². The van der Waals surface area contributed by atoms with Gasteiger partial charge in [0, 0.05) is 20.2 Å². The molecule has 1 aromatic heterocycles. The van der Waals surface area contributed by atoms with Crippen molar-refractivity contribution in [3.8, 4) is 5.75 Å². The van der Waals surface area contributed by atoms with Crippen LogP contribution >= 0.6 is 0 Å². The minimum absolute atomic E-state index is 0.0971. The van der Waals surface area contributed by atoms with E-state index in [4.69, 9.17) is 4.74 Å². The van der Waals surface area contributed by atoms with Gasteiger partial charge in [-0.25, -0.2) is 9.37 Å². The van der Waals surface area contributed by atoms with Crippen molar-refractivity contribution in [3.63, 3.8) is 0 Å². The molecule has 1 unspecified atom stereocenters. The molecule has 24 heavy (non-hydrogen) atoms. The lowest BCUT2D eigenvalue weighted by Crippen LogP contribution is -2.42. The third-order valence-electron chi connectivity index (χ3n) is 3.49. The Morgan fingerprint density at radius 1 is 1.42 bits per heavy atom. The molecular formula is C16H23FN6O. The topological polar surface area (TPSA) is 76.4 Å². The monoisotopic (exact) mass is 334 g/mol. The Morgan fingerprint density at radius 3 is 2.88 bits per heavy atom. The van der Waals surface area contributed by atoms with Crippen molar-refractivity contribution in [3.05, 3.63) is 42.2 Å². The van der Waals surface area contributed by atoms with Gasteiger partial charge in [0.1, 0.15) is 29.8 Å². The van der Waals surface area contributed by atoms with E-state index >= 15 is 0 Å². The van der Waals surface area contributed by atoms with Gasteiger partial charge >= 0.3 is 0 Å². The predicted octanol–water partition coefficient (Wildman–Crippen LogP) is 1.48. The lowest BCUT2D eigenvalue weighted by molar-refractivity contribution is 0.198. The van der Waals surface area contributed by atoms with Crippen molar-refractivity contribution in [1.82, 2.24) is 25.4 Å². The van der Waals surface area contributed by atoms with E-state index in [9.17, 15) is 4.39 Å². The summed E-state index contributed by atoms with van der Waals surface area (Å²) in [5.74, 6) is 1.66. The number of halogens is 1. The van der Waals surface area contributed by atoms with E-state index in [1.54, 1.807) is 23.9 Å². The highest BCUT2D eigenvalue weighted by Gasteiger charge is 2.10. The zero-order valence-corrected chi connectivity index (χ0v) is 14.2. The van der Waals surface area contributed by atoms with Crippen LogP contribution in [0.15, 0.2) is 35.6 Å². The van der Waals surface area contributed by atoms with E-state index in [0.29, 0.717) is 24.8 Å². The number of ether oxygens (including phenoxy) is 1. The first-order valence-corrected chi connectivity index (χ1v) is 7.82. The van der Waals surface area contributed by atoms with Crippen molar-refractivity contribution in [1.29, 1.82) is 0 Å². The lowest BCUT2D eigenvalue weighted by Gasteiger charge is -2.20. The zero-order chi connectivity index (χ0) is 17.4. The molecule has 0 saturated heterocycles. The van der Waals surface area contributed by atoms with Crippen LogP contribution in [0, 0.1) is 5.82 Å². The summed E-state index contributed by atoms with van der Waals surface area (Å²) in [6, 6.07) is 6.15. The van der Waals surface area contributed by atoms with E-state index in [2.05, 4.69) is 25.7 Å². The van der Waals surface area contributed by atoms with E-state index in [1.165, 1.54) is 18.5 Å². The van der Waals surface area contributed by atoms with Gasteiger partial charge in [0.15, 0.2) is 5.96 Å². The molecule has 0 amide bonds. The number of hydrogen-bond acceptors (Lipinski definition) is 4. The number of aryl methyl sites for hydroxylation is 1. The minimum atomic E-state index is -0.309. The number of nitrogens with zero attached hydrogens (tertiary/aromatic N) is 4. The molecule has 0 saturated carbocycles. The molecule has 0 aliphatic rings. The molecule has 7 nitrogen and oxygen atoms in total. The smallest absolute Gasteiger partial charge is 0.191 e. The molecule has 2 rings (SSSR count). The first kappa shape index (κ1) is 17.7. The van der Waals surface area contributed by atoms with Crippen molar-refractivity contribution in [2.45, 2.75) is 26.0 Å². The van der Waals surface area contributed by atoms with E-state index < -0.39 is 0 Å². The third-order valence-corrected chi connectivity index (χ3v) is 3.49. The number of rotatable bonds is 7. The maximum absolute atomic E-state index is 13.2. The Balaban J connectivity index is 1.83. The van der Waals surface area contributed by atoms with Gasteiger partial charge in [-0.3, -0.25) is 9.67 Å². The summed E-state index contributed by atoms with van der Waals surface area (Å²) in [6.07, 6.45) is 2.19. The van der Waals surface area contributed by atoms with Crippen molar-refractivity contribution < 1.29 is 9.13 Å². The van der Waals surface area contributed by atoms with Crippen LogP contribution in [-0.2, 0) is 13.6 Å². The molecule has 0 fully saturated rings. The average molecular weight is 334 g/mol. The Kier molecular flexibility index (Phi) is 6.53. The Hall–Kier alpha value is -2.64. The van der Waals surface area contributed by atoms with Gasteiger partial charge in [-0.15, -0.1) is 0 Å². The molecule has 0 bridgehead atoms. The third kappa shape index (κ3) is 5.22. The summed E-state index contributed by atoms with van der Waals surface area (Å²) in [5.41, 5.74) is 0. The van der Waals surface area contributed by atoms with Crippen LogP contribution in [0.3, 0.4) is 0 Å². The summed E-state index contributed by atoms with van der Waals surface area (Å²) in [4.78, 5) is 8.31. The zero-order valence-electron chi connectivity index (χ0n) is 14.2. The molecule has 2 aromatic rings. The molecule has 2 N–H and O–H groups in total.